The minimum Gasteiger partial charge on any atom is -0.376 e. The normalized spacial score (nSPS) is 16.9. The van der Waals surface area contributed by atoms with Crippen molar-refractivity contribution in [1.82, 2.24) is 15.8 Å². The van der Waals surface area contributed by atoms with Gasteiger partial charge in [0.2, 0.25) is 0 Å². The first-order valence-electron chi connectivity index (χ1n) is 9.78. The third-order valence-corrected chi connectivity index (χ3v) is 4.46. The summed E-state index contributed by atoms with van der Waals surface area (Å²) < 4.78 is 11.3. The first-order valence-corrected chi connectivity index (χ1v) is 9.78. The van der Waals surface area contributed by atoms with Crippen LogP contribution in [0, 0.1) is 0 Å². The van der Waals surface area contributed by atoms with Crippen LogP contribution in [0.25, 0.3) is 0 Å². The number of guanidine groups is 1. The monoisotopic (exact) mass is 350 g/mol. The summed E-state index contributed by atoms with van der Waals surface area (Å²) in [6.07, 6.45) is 8.17. The van der Waals surface area contributed by atoms with E-state index in [4.69, 9.17) is 9.26 Å². The average Bonchev–Trinajstić information content (AvgIpc) is 2.93. The fourth-order valence-corrected chi connectivity index (χ4v) is 2.98. The van der Waals surface area contributed by atoms with Gasteiger partial charge in [-0.05, 0) is 25.7 Å². The molecule has 1 fully saturated rings. The molecule has 0 aliphatic heterocycles. The van der Waals surface area contributed by atoms with Gasteiger partial charge in [0, 0.05) is 19.2 Å². The molecular formula is C19H34N4O2. The first kappa shape index (κ1) is 19.8. The molecule has 0 amide bonds. The van der Waals surface area contributed by atoms with Crippen LogP contribution in [0.4, 0.5) is 0 Å². The summed E-state index contributed by atoms with van der Waals surface area (Å²) in [4.78, 5) is 4.56. The lowest BCUT2D eigenvalue weighted by Crippen LogP contribution is -2.39. The zero-order valence-corrected chi connectivity index (χ0v) is 16.0. The van der Waals surface area contributed by atoms with Gasteiger partial charge in [0.05, 0.1) is 18.4 Å². The molecule has 2 N–H and O–H groups in total. The Labute approximate surface area is 151 Å². The topological polar surface area (TPSA) is 71.7 Å². The highest BCUT2D eigenvalue weighted by Gasteiger charge is 2.12. The van der Waals surface area contributed by atoms with Crippen LogP contribution < -0.4 is 10.6 Å². The number of hydrogen-bond acceptors (Lipinski definition) is 4. The largest absolute Gasteiger partial charge is 0.376 e. The number of aliphatic imine (C=N–C) groups is 1. The summed E-state index contributed by atoms with van der Waals surface area (Å²) in [7, 11) is 0. The van der Waals surface area contributed by atoms with E-state index in [1.165, 1.54) is 38.5 Å². The summed E-state index contributed by atoms with van der Waals surface area (Å²) in [6, 6.07) is 1.98. The Morgan fingerprint density at radius 1 is 1.28 bits per heavy atom. The van der Waals surface area contributed by atoms with E-state index in [1.807, 2.05) is 6.07 Å². The Morgan fingerprint density at radius 3 is 2.68 bits per heavy atom. The average molecular weight is 351 g/mol. The highest BCUT2D eigenvalue weighted by atomic mass is 16.5. The lowest BCUT2D eigenvalue weighted by molar-refractivity contribution is 0.0468. The smallest absolute Gasteiger partial charge is 0.191 e. The maximum atomic E-state index is 6.01. The van der Waals surface area contributed by atoms with Gasteiger partial charge in [-0.2, -0.15) is 0 Å². The fourth-order valence-electron chi connectivity index (χ4n) is 2.98. The van der Waals surface area contributed by atoms with Crippen LogP contribution in [0.2, 0.25) is 0 Å². The predicted octanol–water partition coefficient (Wildman–Crippen LogP) is 3.59. The second kappa shape index (κ2) is 11.1. The first-order chi connectivity index (χ1) is 12.2. The van der Waals surface area contributed by atoms with Crippen molar-refractivity contribution in [3.63, 3.8) is 0 Å². The Morgan fingerprint density at radius 2 is 2.04 bits per heavy atom. The van der Waals surface area contributed by atoms with Crippen molar-refractivity contribution in [1.29, 1.82) is 0 Å². The van der Waals surface area contributed by atoms with Crippen LogP contribution in [0.15, 0.2) is 15.6 Å². The van der Waals surface area contributed by atoms with Crippen LogP contribution in [0.5, 0.6) is 0 Å². The summed E-state index contributed by atoms with van der Waals surface area (Å²) in [5.74, 6) is 1.94. The van der Waals surface area contributed by atoms with Crippen molar-refractivity contribution in [3.8, 4) is 0 Å². The summed E-state index contributed by atoms with van der Waals surface area (Å²) in [5.41, 5.74) is 0.972. The van der Waals surface area contributed by atoms with Gasteiger partial charge < -0.3 is 19.9 Å². The van der Waals surface area contributed by atoms with Gasteiger partial charge in [-0.15, -0.1) is 0 Å². The van der Waals surface area contributed by atoms with Gasteiger partial charge in [-0.25, -0.2) is 4.99 Å². The molecule has 142 valence electrons. The zero-order valence-electron chi connectivity index (χ0n) is 16.0. The van der Waals surface area contributed by atoms with Crippen LogP contribution in [0.3, 0.4) is 0 Å². The molecule has 1 aliphatic carbocycles. The van der Waals surface area contributed by atoms with Gasteiger partial charge >= 0.3 is 0 Å². The van der Waals surface area contributed by atoms with Gasteiger partial charge in [0.1, 0.15) is 6.54 Å². The fraction of sp³-hybridized carbons (Fsp3) is 0.789. The molecule has 0 saturated heterocycles. The van der Waals surface area contributed by atoms with E-state index in [1.54, 1.807) is 0 Å². The summed E-state index contributed by atoms with van der Waals surface area (Å²) in [6.45, 7) is 9.05. The lowest BCUT2D eigenvalue weighted by atomic mass is 10.1. The molecule has 6 heteroatoms. The molecule has 1 heterocycles. The molecule has 0 unspecified atom stereocenters. The minimum atomic E-state index is 0.369. The van der Waals surface area contributed by atoms with Crippen LogP contribution in [-0.2, 0) is 11.3 Å². The predicted molar refractivity (Wildman–Crippen MR) is 101 cm³/mol. The van der Waals surface area contributed by atoms with Crippen molar-refractivity contribution in [3.05, 3.63) is 17.5 Å². The van der Waals surface area contributed by atoms with Crippen molar-refractivity contribution in [2.75, 3.05) is 19.7 Å². The van der Waals surface area contributed by atoms with E-state index < -0.39 is 0 Å². The molecule has 2 rings (SSSR count). The lowest BCUT2D eigenvalue weighted by Gasteiger charge is -2.16. The molecule has 0 bridgehead atoms. The van der Waals surface area contributed by atoms with E-state index in [2.05, 4.69) is 41.6 Å². The van der Waals surface area contributed by atoms with Gasteiger partial charge in [0.25, 0.3) is 0 Å². The maximum absolute atomic E-state index is 6.01. The second-order valence-corrected chi connectivity index (χ2v) is 6.98. The van der Waals surface area contributed by atoms with Crippen molar-refractivity contribution in [2.24, 2.45) is 4.99 Å². The molecule has 0 atom stereocenters. The number of nitrogens with zero attached hydrogens (tertiary/aromatic N) is 2. The standard InChI is InChI=1S/C19H34N4O2/c1-4-20-19(22-14-17-13-18(15(2)3)23-25-17)21-11-12-24-16-9-7-5-6-8-10-16/h13,15-16H,4-12,14H2,1-3H3,(H2,20,21,22). The third kappa shape index (κ3) is 7.46. The summed E-state index contributed by atoms with van der Waals surface area (Å²) >= 11 is 0. The van der Waals surface area contributed by atoms with Crippen LogP contribution >= 0.6 is 0 Å². The molecule has 6 nitrogen and oxygen atoms in total. The van der Waals surface area contributed by atoms with Crippen LogP contribution in [0.1, 0.15) is 76.7 Å². The highest BCUT2D eigenvalue weighted by Crippen LogP contribution is 2.19. The Hall–Kier alpha value is -1.56. The minimum absolute atomic E-state index is 0.369. The Balaban J connectivity index is 1.73. The van der Waals surface area contributed by atoms with Crippen LogP contribution in [-0.4, -0.2) is 36.9 Å². The van der Waals surface area contributed by atoms with Gasteiger partial charge in [0.15, 0.2) is 11.7 Å². The number of hydrogen-bond donors (Lipinski definition) is 2. The van der Waals surface area contributed by atoms with E-state index in [0.717, 1.165) is 37.1 Å². The van der Waals surface area contributed by atoms with E-state index in [0.29, 0.717) is 18.6 Å². The number of aromatic nitrogens is 1. The number of ether oxygens (including phenoxy) is 1. The zero-order chi connectivity index (χ0) is 17.9. The van der Waals surface area contributed by atoms with Gasteiger partial charge in [-0.3, -0.25) is 0 Å². The van der Waals surface area contributed by atoms with Crippen molar-refractivity contribution < 1.29 is 9.26 Å². The molecule has 1 aliphatic rings. The third-order valence-electron chi connectivity index (χ3n) is 4.46. The number of rotatable bonds is 8. The van der Waals surface area contributed by atoms with E-state index in [-0.39, 0.29) is 0 Å². The molecule has 25 heavy (non-hydrogen) atoms. The van der Waals surface area contributed by atoms with Crippen molar-refractivity contribution in [2.45, 2.75) is 77.9 Å². The Bertz CT molecular complexity index is 505. The molecular weight excluding hydrogens is 316 g/mol. The SMILES string of the molecule is CCNC(=NCc1cc(C(C)C)no1)NCCOC1CCCCCC1. The molecule has 1 aromatic rings. The van der Waals surface area contributed by atoms with E-state index in [9.17, 15) is 0 Å². The molecule has 1 aromatic heterocycles. The number of nitrogens with one attached hydrogen (secondary N) is 2. The van der Waals surface area contributed by atoms with Gasteiger partial charge in [-0.1, -0.05) is 44.7 Å². The molecule has 0 aromatic carbocycles. The quantitative estimate of drug-likeness (QED) is 0.324. The molecule has 1 saturated carbocycles. The van der Waals surface area contributed by atoms with Crippen molar-refractivity contribution >= 4 is 5.96 Å². The summed E-state index contributed by atoms with van der Waals surface area (Å²) in [5, 5.41) is 10.6. The highest BCUT2D eigenvalue weighted by molar-refractivity contribution is 5.79. The van der Waals surface area contributed by atoms with E-state index >= 15 is 0 Å². The molecule has 0 spiro atoms. The second-order valence-electron chi connectivity index (χ2n) is 6.98. The maximum Gasteiger partial charge on any atom is 0.191 e. The molecule has 0 radical (unpaired) electrons. The Kier molecular flexibility index (Phi) is 8.80.